The Hall–Kier alpha value is -3.84. The predicted molar refractivity (Wildman–Crippen MR) is 118 cm³/mol. The third kappa shape index (κ3) is 4.23. The Bertz CT molecular complexity index is 1320. The number of aliphatic hydroxyl groups is 3. The van der Waals surface area contributed by atoms with Crippen molar-refractivity contribution in [2.45, 2.75) is 30.7 Å². The number of phenols is 1. The summed E-state index contributed by atoms with van der Waals surface area (Å²) in [5, 5.41) is 49.7. The molecule has 12 nitrogen and oxygen atoms in total. The highest BCUT2D eigenvalue weighted by Crippen LogP contribution is 2.43. The summed E-state index contributed by atoms with van der Waals surface area (Å²) in [6, 6.07) is 7.03. The zero-order valence-corrected chi connectivity index (χ0v) is 18.4. The molecular weight excluding hydrogens is 468 g/mol. The molecule has 2 heterocycles. The highest BCUT2D eigenvalue weighted by Gasteiger charge is 2.48. The van der Waals surface area contributed by atoms with Gasteiger partial charge in [-0.1, -0.05) is 0 Å². The van der Waals surface area contributed by atoms with Crippen LogP contribution in [0.1, 0.15) is 0 Å². The minimum absolute atomic E-state index is 0.0270. The van der Waals surface area contributed by atoms with Crippen molar-refractivity contribution in [1.29, 1.82) is 0 Å². The lowest BCUT2D eigenvalue weighted by atomic mass is 9.99. The first-order chi connectivity index (χ1) is 16.7. The molecule has 0 saturated carbocycles. The van der Waals surface area contributed by atoms with Crippen LogP contribution in [0.2, 0.25) is 0 Å². The van der Waals surface area contributed by atoms with Crippen molar-refractivity contribution in [3.8, 4) is 34.1 Å². The number of carboxylic acid groups (broad SMARTS) is 1. The Morgan fingerprint density at radius 1 is 0.971 bits per heavy atom. The summed E-state index contributed by atoms with van der Waals surface area (Å²) in [4.78, 5) is 24.4. The molecule has 0 spiro atoms. The minimum atomic E-state index is -1.86. The Morgan fingerprint density at radius 3 is 2.37 bits per heavy atom. The monoisotopic (exact) mass is 490 g/mol. The maximum Gasteiger partial charge on any atom is 0.335 e. The van der Waals surface area contributed by atoms with Crippen LogP contribution in [0.5, 0.6) is 23.0 Å². The van der Waals surface area contributed by atoms with E-state index >= 15 is 0 Å². The van der Waals surface area contributed by atoms with Gasteiger partial charge in [-0.25, -0.2) is 4.79 Å². The number of fused-ring (bicyclic) bond motifs is 1. The van der Waals surface area contributed by atoms with Crippen molar-refractivity contribution >= 4 is 16.9 Å². The molecule has 1 saturated heterocycles. The van der Waals surface area contributed by atoms with Gasteiger partial charge in [0.05, 0.1) is 25.2 Å². The first kappa shape index (κ1) is 24.3. The van der Waals surface area contributed by atoms with Gasteiger partial charge >= 0.3 is 5.97 Å². The molecule has 5 atom stereocenters. The van der Waals surface area contributed by atoms with Crippen LogP contribution >= 0.6 is 0 Å². The van der Waals surface area contributed by atoms with Crippen LogP contribution < -0.4 is 19.6 Å². The Labute approximate surface area is 197 Å². The number of aliphatic carboxylic acids is 1. The normalized spacial score (nSPS) is 24.2. The van der Waals surface area contributed by atoms with Crippen molar-refractivity contribution in [2.75, 3.05) is 14.2 Å². The van der Waals surface area contributed by atoms with E-state index in [0.29, 0.717) is 0 Å². The summed E-state index contributed by atoms with van der Waals surface area (Å²) in [7, 11) is 2.75. The fourth-order valence-electron chi connectivity index (χ4n) is 3.78. The number of methoxy groups -OCH3 is 2. The quantitative estimate of drug-likeness (QED) is 0.322. The molecule has 0 unspecified atom stereocenters. The van der Waals surface area contributed by atoms with E-state index in [0.717, 1.165) is 6.26 Å². The van der Waals surface area contributed by atoms with Crippen molar-refractivity contribution in [2.24, 2.45) is 0 Å². The first-order valence-corrected chi connectivity index (χ1v) is 10.3. The molecule has 3 aromatic rings. The molecule has 35 heavy (non-hydrogen) atoms. The summed E-state index contributed by atoms with van der Waals surface area (Å²) in [5.74, 6) is -1.51. The molecule has 1 aliphatic rings. The van der Waals surface area contributed by atoms with Gasteiger partial charge in [0.2, 0.25) is 17.5 Å². The Kier molecular flexibility index (Phi) is 6.54. The van der Waals surface area contributed by atoms with Gasteiger partial charge in [0.15, 0.2) is 17.6 Å². The lowest BCUT2D eigenvalue weighted by Crippen LogP contribution is -2.61. The smallest absolute Gasteiger partial charge is 0.335 e. The second kappa shape index (κ2) is 9.43. The molecule has 5 N–H and O–H groups in total. The van der Waals surface area contributed by atoms with Crippen LogP contribution in [0, 0.1) is 0 Å². The third-order valence-corrected chi connectivity index (χ3v) is 5.62. The van der Waals surface area contributed by atoms with E-state index in [2.05, 4.69) is 0 Å². The zero-order valence-electron chi connectivity index (χ0n) is 18.4. The molecule has 2 aromatic carbocycles. The largest absolute Gasteiger partial charge is 0.504 e. The molecule has 0 amide bonds. The second-order valence-electron chi connectivity index (χ2n) is 7.69. The van der Waals surface area contributed by atoms with E-state index in [-0.39, 0.29) is 45.1 Å². The number of carbonyl (C=O) groups is 1. The number of phenolic OH excluding ortho intramolecular Hbond substituents is 1. The summed E-state index contributed by atoms with van der Waals surface area (Å²) in [6.07, 6.45) is -7.75. The number of hydrogen-bond acceptors (Lipinski definition) is 11. The van der Waals surface area contributed by atoms with E-state index in [4.69, 9.17) is 28.5 Å². The fraction of sp³-hybridized carbons (Fsp3) is 0.304. The summed E-state index contributed by atoms with van der Waals surface area (Å²) in [5.41, 5.74) is -0.183. The number of carboxylic acids is 1. The molecule has 186 valence electrons. The molecule has 1 aliphatic heterocycles. The van der Waals surface area contributed by atoms with Crippen molar-refractivity contribution in [3.05, 3.63) is 46.8 Å². The van der Waals surface area contributed by atoms with Gasteiger partial charge < -0.3 is 48.9 Å². The second-order valence-corrected chi connectivity index (χ2v) is 7.69. The van der Waals surface area contributed by atoms with Crippen LogP contribution in [0.25, 0.3) is 22.1 Å². The highest BCUT2D eigenvalue weighted by atomic mass is 16.7. The van der Waals surface area contributed by atoms with Crippen LogP contribution in [-0.4, -0.2) is 76.4 Å². The van der Waals surface area contributed by atoms with Gasteiger partial charge in [0.25, 0.3) is 0 Å². The lowest BCUT2D eigenvalue weighted by Gasteiger charge is -2.38. The first-order valence-electron chi connectivity index (χ1n) is 10.3. The number of benzene rings is 2. The molecule has 12 heteroatoms. The molecule has 0 bridgehead atoms. The summed E-state index contributed by atoms with van der Waals surface area (Å²) < 4.78 is 26.4. The maximum absolute atomic E-state index is 13.1. The maximum atomic E-state index is 13.1. The number of aliphatic hydroxyl groups excluding tert-OH is 3. The SMILES string of the molecule is COc1ccc(-c2coc3cc(O[C@@H]4O[C@H](C(=O)O)[C@@H](O)[C@H](O)[C@H]4O)ccc3c2=O)c(O)c1OC. The Balaban J connectivity index is 1.67. The summed E-state index contributed by atoms with van der Waals surface area (Å²) >= 11 is 0. The summed E-state index contributed by atoms with van der Waals surface area (Å²) in [6.45, 7) is 0. The van der Waals surface area contributed by atoms with Crippen LogP contribution in [-0.2, 0) is 9.53 Å². The van der Waals surface area contributed by atoms with Gasteiger partial charge in [-0.05, 0) is 24.3 Å². The van der Waals surface area contributed by atoms with Crippen LogP contribution in [0.15, 0.2) is 45.8 Å². The number of ether oxygens (including phenoxy) is 4. The van der Waals surface area contributed by atoms with Crippen molar-refractivity contribution in [3.63, 3.8) is 0 Å². The van der Waals surface area contributed by atoms with Gasteiger partial charge in [-0.2, -0.15) is 0 Å². The number of rotatable bonds is 6. The zero-order chi connectivity index (χ0) is 25.4. The third-order valence-electron chi connectivity index (χ3n) is 5.62. The minimum Gasteiger partial charge on any atom is -0.504 e. The average Bonchev–Trinajstić information content (AvgIpc) is 2.84. The molecular formula is C23H22O12. The molecule has 4 rings (SSSR count). The Morgan fingerprint density at radius 2 is 1.71 bits per heavy atom. The van der Waals surface area contributed by atoms with Crippen molar-refractivity contribution < 1.29 is 53.7 Å². The fourth-order valence-corrected chi connectivity index (χ4v) is 3.78. The predicted octanol–water partition coefficient (Wildman–Crippen LogP) is 0.454. The van der Waals surface area contributed by atoms with E-state index in [1.807, 2.05) is 0 Å². The standard InChI is InChI=1S/C23H22O12/c1-31-13-6-5-10(16(25)20(13)32-2)12-8-33-14-7-9(3-4-11(14)15(12)24)34-23-19(28)17(26)18(27)21(35-23)22(29)30/h3-8,17-19,21,23,25-28H,1-2H3,(H,29,30)/t17-,18-,19+,21-,23+/m0/s1. The van der Waals surface area contributed by atoms with E-state index in [9.17, 15) is 30.0 Å². The van der Waals surface area contributed by atoms with E-state index in [1.165, 1.54) is 44.6 Å². The average molecular weight is 490 g/mol. The number of aromatic hydroxyl groups is 1. The topological polar surface area (TPSA) is 185 Å². The number of hydrogen-bond donors (Lipinski definition) is 5. The van der Waals surface area contributed by atoms with Gasteiger partial charge in [-0.15, -0.1) is 0 Å². The molecule has 0 aliphatic carbocycles. The van der Waals surface area contributed by atoms with E-state index < -0.39 is 42.1 Å². The van der Waals surface area contributed by atoms with Crippen LogP contribution in [0.4, 0.5) is 0 Å². The van der Waals surface area contributed by atoms with Crippen molar-refractivity contribution in [1.82, 2.24) is 0 Å². The molecule has 0 radical (unpaired) electrons. The highest BCUT2D eigenvalue weighted by molar-refractivity contribution is 5.85. The van der Waals surface area contributed by atoms with Gasteiger partial charge in [0, 0.05) is 11.6 Å². The molecule has 1 fully saturated rings. The molecule has 1 aromatic heterocycles. The lowest BCUT2D eigenvalue weighted by molar-refractivity contribution is -0.271. The van der Waals surface area contributed by atoms with Gasteiger partial charge in [-0.3, -0.25) is 4.79 Å². The van der Waals surface area contributed by atoms with Crippen LogP contribution in [0.3, 0.4) is 0 Å². The van der Waals surface area contributed by atoms with Gasteiger partial charge in [0.1, 0.15) is 35.9 Å². The van der Waals surface area contributed by atoms with E-state index in [1.54, 1.807) is 0 Å².